The Hall–Kier alpha value is -2.53. The van der Waals surface area contributed by atoms with E-state index in [2.05, 4.69) is 12.2 Å². The molecule has 146 valence electrons. The van der Waals surface area contributed by atoms with Gasteiger partial charge in [-0.05, 0) is 43.0 Å². The Bertz CT molecular complexity index is 703. The molecule has 0 saturated carbocycles. The highest BCUT2D eigenvalue weighted by molar-refractivity contribution is 5.76. The molecule has 0 amide bonds. The van der Waals surface area contributed by atoms with Crippen molar-refractivity contribution in [3.63, 3.8) is 0 Å². The Morgan fingerprint density at radius 2 is 1.81 bits per heavy atom. The Morgan fingerprint density at radius 3 is 2.48 bits per heavy atom. The van der Waals surface area contributed by atoms with Gasteiger partial charge in [-0.1, -0.05) is 43.3 Å². The second-order valence-electron chi connectivity index (χ2n) is 6.21. The van der Waals surface area contributed by atoms with E-state index in [0.717, 1.165) is 23.3 Å². The third-order valence-electron chi connectivity index (χ3n) is 4.10. The summed E-state index contributed by atoms with van der Waals surface area (Å²) < 4.78 is 16.3. The van der Waals surface area contributed by atoms with Crippen molar-refractivity contribution >= 4 is 5.97 Å². The fourth-order valence-corrected chi connectivity index (χ4v) is 2.73. The minimum absolute atomic E-state index is 0.240. The summed E-state index contributed by atoms with van der Waals surface area (Å²) in [6.45, 7) is 5.42. The van der Waals surface area contributed by atoms with Gasteiger partial charge in [0.1, 0.15) is 6.04 Å². The molecule has 5 heteroatoms. The maximum atomic E-state index is 12.3. The number of methoxy groups -OCH3 is 1. The Balaban J connectivity index is 2.05. The molecule has 0 aliphatic heterocycles. The molecule has 0 aromatic heterocycles. The summed E-state index contributed by atoms with van der Waals surface area (Å²) in [7, 11) is 1.63. The predicted octanol–water partition coefficient (Wildman–Crippen LogP) is 3.75. The van der Waals surface area contributed by atoms with Crippen LogP contribution in [-0.4, -0.2) is 32.3 Å². The van der Waals surface area contributed by atoms with Gasteiger partial charge in [-0.25, -0.2) is 0 Å². The van der Waals surface area contributed by atoms with Crippen molar-refractivity contribution in [1.82, 2.24) is 5.32 Å². The first-order chi connectivity index (χ1) is 13.2. The lowest BCUT2D eigenvalue weighted by atomic mass is 10.1. The molecule has 1 N–H and O–H groups in total. The molecule has 0 spiro atoms. The standard InChI is InChI=1S/C22H29NO4/c1-4-13-27-20-12-11-18(15-21(20)25-3)16-23-19(22(24)26-5-2)14-17-9-7-6-8-10-17/h6-12,15,19,23H,4-5,13-14,16H2,1-3H3/t19-/m1/s1. The van der Waals surface area contributed by atoms with Crippen LogP contribution >= 0.6 is 0 Å². The van der Waals surface area contributed by atoms with E-state index in [1.807, 2.05) is 55.5 Å². The van der Waals surface area contributed by atoms with Gasteiger partial charge in [0.2, 0.25) is 0 Å². The summed E-state index contributed by atoms with van der Waals surface area (Å²) in [5, 5.41) is 3.31. The van der Waals surface area contributed by atoms with Crippen LogP contribution in [0.25, 0.3) is 0 Å². The third-order valence-corrected chi connectivity index (χ3v) is 4.10. The van der Waals surface area contributed by atoms with E-state index in [9.17, 15) is 4.79 Å². The quantitative estimate of drug-likeness (QED) is 0.610. The van der Waals surface area contributed by atoms with E-state index >= 15 is 0 Å². The molecular formula is C22H29NO4. The molecule has 0 unspecified atom stereocenters. The van der Waals surface area contributed by atoms with Gasteiger partial charge in [-0.15, -0.1) is 0 Å². The third kappa shape index (κ3) is 6.61. The highest BCUT2D eigenvalue weighted by Gasteiger charge is 2.20. The van der Waals surface area contributed by atoms with Crippen LogP contribution in [0.3, 0.4) is 0 Å². The molecule has 2 aromatic rings. The van der Waals surface area contributed by atoms with Gasteiger partial charge in [0.25, 0.3) is 0 Å². The fraction of sp³-hybridized carbons (Fsp3) is 0.409. The summed E-state index contributed by atoms with van der Waals surface area (Å²) in [6, 6.07) is 15.3. The lowest BCUT2D eigenvalue weighted by Crippen LogP contribution is -2.39. The van der Waals surface area contributed by atoms with E-state index in [4.69, 9.17) is 14.2 Å². The molecule has 0 bridgehead atoms. The minimum Gasteiger partial charge on any atom is -0.493 e. The van der Waals surface area contributed by atoms with Gasteiger partial charge in [0, 0.05) is 6.54 Å². The van der Waals surface area contributed by atoms with Crippen LogP contribution in [0.5, 0.6) is 11.5 Å². The van der Waals surface area contributed by atoms with Crippen LogP contribution in [0.15, 0.2) is 48.5 Å². The van der Waals surface area contributed by atoms with Crippen LogP contribution in [0, 0.1) is 0 Å². The Labute approximate surface area is 161 Å². The van der Waals surface area contributed by atoms with Crippen molar-refractivity contribution in [2.75, 3.05) is 20.3 Å². The van der Waals surface area contributed by atoms with Crippen LogP contribution in [0.2, 0.25) is 0 Å². The zero-order valence-corrected chi connectivity index (χ0v) is 16.4. The molecule has 27 heavy (non-hydrogen) atoms. The summed E-state index contributed by atoms with van der Waals surface area (Å²) >= 11 is 0. The Kier molecular flexibility index (Phi) is 8.65. The lowest BCUT2D eigenvalue weighted by molar-refractivity contribution is -0.145. The van der Waals surface area contributed by atoms with Crippen LogP contribution in [-0.2, 0) is 22.5 Å². The van der Waals surface area contributed by atoms with Crippen LogP contribution in [0.4, 0.5) is 0 Å². The second-order valence-corrected chi connectivity index (χ2v) is 6.21. The topological polar surface area (TPSA) is 56.8 Å². The molecule has 2 aromatic carbocycles. The van der Waals surface area contributed by atoms with Gasteiger partial charge >= 0.3 is 5.97 Å². The first-order valence-corrected chi connectivity index (χ1v) is 9.41. The van der Waals surface area contributed by atoms with E-state index in [-0.39, 0.29) is 5.97 Å². The predicted molar refractivity (Wildman–Crippen MR) is 106 cm³/mol. The van der Waals surface area contributed by atoms with Crippen molar-refractivity contribution in [3.8, 4) is 11.5 Å². The largest absolute Gasteiger partial charge is 0.493 e. The van der Waals surface area contributed by atoms with Gasteiger partial charge < -0.3 is 19.5 Å². The lowest BCUT2D eigenvalue weighted by Gasteiger charge is -2.18. The maximum absolute atomic E-state index is 12.3. The summed E-state index contributed by atoms with van der Waals surface area (Å²) in [5.41, 5.74) is 2.10. The number of rotatable bonds is 11. The first kappa shape index (κ1) is 20.8. The smallest absolute Gasteiger partial charge is 0.323 e. The molecule has 0 fully saturated rings. The molecule has 0 aliphatic carbocycles. The fourth-order valence-electron chi connectivity index (χ4n) is 2.73. The van der Waals surface area contributed by atoms with Crippen molar-refractivity contribution < 1.29 is 19.0 Å². The van der Waals surface area contributed by atoms with E-state index in [0.29, 0.717) is 31.9 Å². The molecule has 5 nitrogen and oxygen atoms in total. The number of nitrogens with one attached hydrogen (secondary N) is 1. The van der Waals surface area contributed by atoms with E-state index in [1.165, 1.54) is 0 Å². The average Bonchev–Trinajstić information content (AvgIpc) is 2.70. The average molecular weight is 371 g/mol. The summed E-state index contributed by atoms with van der Waals surface area (Å²) in [4.78, 5) is 12.3. The van der Waals surface area contributed by atoms with Crippen molar-refractivity contribution in [1.29, 1.82) is 0 Å². The molecule has 0 saturated heterocycles. The highest BCUT2D eigenvalue weighted by Crippen LogP contribution is 2.28. The van der Waals surface area contributed by atoms with Crippen molar-refractivity contribution in [3.05, 3.63) is 59.7 Å². The van der Waals surface area contributed by atoms with Crippen LogP contribution < -0.4 is 14.8 Å². The number of benzene rings is 2. The van der Waals surface area contributed by atoms with E-state index in [1.54, 1.807) is 7.11 Å². The van der Waals surface area contributed by atoms with Gasteiger partial charge in [-0.2, -0.15) is 0 Å². The summed E-state index contributed by atoms with van der Waals surface area (Å²) in [5.74, 6) is 1.18. The number of carbonyl (C=O) groups excluding carboxylic acids is 1. The molecule has 0 aliphatic rings. The molecule has 0 heterocycles. The number of hydrogen-bond acceptors (Lipinski definition) is 5. The number of ether oxygens (including phenoxy) is 3. The first-order valence-electron chi connectivity index (χ1n) is 9.41. The van der Waals surface area contributed by atoms with E-state index < -0.39 is 6.04 Å². The van der Waals surface area contributed by atoms with Gasteiger partial charge in [0.05, 0.1) is 20.3 Å². The van der Waals surface area contributed by atoms with Gasteiger partial charge in [0.15, 0.2) is 11.5 Å². The van der Waals surface area contributed by atoms with Crippen LogP contribution in [0.1, 0.15) is 31.4 Å². The van der Waals surface area contributed by atoms with Crippen molar-refractivity contribution in [2.45, 2.75) is 39.3 Å². The normalized spacial score (nSPS) is 11.7. The van der Waals surface area contributed by atoms with Gasteiger partial charge in [-0.3, -0.25) is 4.79 Å². The minimum atomic E-state index is -0.408. The zero-order chi connectivity index (χ0) is 19.5. The molecule has 0 radical (unpaired) electrons. The second kappa shape index (κ2) is 11.2. The molecule has 2 rings (SSSR count). The monoisotopic (exact) mass is 371 g/mol. The SMILES string of the molecule is CCCOc1ccc(CN[C@H](Cc2ccccc2)C(=O)OCC)cc1OC. The maximum Gasteiger partial charge on any atom is 0.323 e. The van der Waals surface area contributed by atoms with Crippen molar-refractivity contribution in [2.24, 2.45) is 0 Å². The highest BCUT2D eigenvalue weighted by atomic mass is 16.5. The number of carbonyl (C=O) groups is 1. The number of hydrogen-bond donors (Lipinski definition) is 1. The molecular weight excluding hydrogens is 342 g/mol. The Morgan fingerprint density at radius 1 is 1.04 bits per heavy atom. The zero-order valence-electron chi connectivity index (χ0n) is 16.4. The summed E-state index contributed by atoms with van der Waals surface area (Å²) in [6.07, 6.45) is 1.52. The molecule has 1 atom stereocenters. The number of esters is 1.